The van der Waals surface area contributed by atoms with Crippen molar-refractivity contribution in [2.45, 2.75) is 39.7 Å². The number of carbonyl (C=O) groups excluding carboxylic acids is 2. The molecule has 30 heavy (non-hydrogen) atoms. The van der Waals surface area contributed by atoms with E-state index in [0.29, 0.717) is 10.9 Å². The third kappa shape index (κ3) is 7.90. The molecule has 0 saturated carbocycles. The molecule has 0 aliphatic heterocycles. The van der Waals surface area contributed by atoms with Crippen molar-refractivity contribution in [3.05, 3.63) is 40.3 Å². The van der Waals surface area contributed by atoms with Crippen LogP contribution in [-0.4, -0.2) is 35.8 Å². The largest absolute Gasteiger partial charge is 0.573 e. The molecule has 1 aromatic carbocycles. The molecule has 1 unspecified atom stereocenters. The van der Waals surface area contributed by atoms with Gasteiger partial charge in [0.1, 0.15) is 22.2 Å². The summed E-state index contributed by atoms with van der Waals surface area (Å²) >= 11 is 1.24. The first kappa shape index (κ1) is 23.5. The van der Waals surface area contributed by atoms with Crippen molar-refractivity contribution in [3.8, 4) is 11.5 Å². The lowest BCUT2D eigenvalue weighted by molar-refractivity contribution is -0.274. The van der Waals surface area contributed by atoms with E-state index in [1.807, 2.05) is 20.8 Å². The van der Waals surface area contributed by atoms with Crippen LogP contribution in [0.25, 0.3) is 0 Å². The summed E-state index contributed by atoms with van der Waals surface area (Å²) in [7, 11) is 0. The summed E-state index contributed by atoms with van der Waals surface area (Å²) in [4.78, 5) is 28.2. The van der Waals surface area contributed by atoms with Crippen LogP contribution in [0.5, 0.6) is 11.5 Å². The van der Waals surface area contributed by atoms with Gasteiger partial charge < -0.3 is 20.1 Å². The highest BCUT2D eigenvalue weighted by atomic mass is 32.1. The number of nitrogens with one attached hydrogen (secondary N) is 2. The minimum absolute atomic E-state index is 0.00796. The lowest BCUT2D eigenvalue weighted by Gasteiger charge is -2.16. The molecule has 11 heteroatoms. The van der Waals surface area contributed by atoms with Crippen molar-refractivity contribution in [2.24, 2.45) is 5.92 Å². The lowest BCUT2D eigenvalue weighted by atomic mass is 10.1. The molecule has 2 N–H and O–H groups in total. The molecule has 1 heterocycles. The maximum Gasteiger partial charge on any atom is 0.573 e. The molecular weight excluding hydrogens is 423 g/mol. The second-order valence-electron chi connectivity index (χ2n) is 6.72. The van der Waals surface area contributed by atoms with Gasteiger partial charge in [-0.1, -0.05) is 13.8 Å². The van der Waals surface area contributed by atoms with Crippen molar-refractivity contribution in [2.75, 3.05) is 6.61 Å². The van der Waals surface area contributed by atoms with Gasteiger partial charge in [-0.05, 0) is 37.1 Å². The second kappa shape index (κ2) is 10.3. The van der Waals surface area contributed by atoms with Gasteiger partial charge in [-0.2, -0.15) is 0 Å². The van der Waals surface area contributed by atoms with Crippen molar-refractivity contribution < 1.29 is 32.2 Å². The normalized spacial score (nSPS) is 12.4. The van der Waals surface area contributed by atoms with Gasteiger partial charge in [-0.25, -0.2) is 4.98 Å². The Balaban J connectivity index is 1.76. The third-order valence-electron chi connectivity index (χ3n) is 4.01. The van der Waals surface area contributed by atoms with E-state index in [1.165, 1.54) is 23.5 Å². The molecule has 1 aromatic heterocycles. The van der Waals surface area contributed by atoms with E-state index in [1.54, 1.807) is 5.38 Å². The number of hydrogen-bond acceptors (Lipinski definition) is 6. The smallest absolute Gasteiger partial charge is 0.484 e. The molecule has 0 radical (unpaired) electrons. The summed E-state index contributed by atoms with van der Waals surface area (Å²) < 4.78 is 45.3. The number of hydrogen-bond donors (Lipinski definition) is 2. The van der Waals surface area contributed by atoms with Crippen LogP contribution in [0.4, 0.5) is 13.2 Å². The Morgan fingerprint density at radius 2 is 1.77 bits per heavy atom. The van der Waals surface area contributed by atoms with Crippen LogP contribution >= 0.6 is 11.3 Å². The van der Waals surface area contributed by atoms with E-state index in [-0.39, 0.29) is 42.3 Å². The zero-order valence-corrected chi connectivity index (χ0v) is 17.4. The van der Waals surface area contributed by atoms with E-state index >= 15 is 0 Å². The van der Waals surface area contributed by atoms with Gasteiger partial charge in [0.15, 0.2) is 6.61 Å². The molecule has 0 aliphatic rings. The first-order chi connectivity index (χ1) is 14.0. The number of benzene rings is 1. The highest BCUT2D eigenvalue weighted by molar-refractivity contribution is 7.09. The zero-order valence-electron chi connectivity index (χ0n) is 16.6. The quantitative estimate of drug-likeness (QED) is 0.617. The Kier molecular flexibility index (Phi) is 8.04. The number of rotatable bonds is 9. The van der Waals surface area contributed by atoms with Crippen LogP contribution in [0.2, 0.25) is 0 Å². The zero-order chi connectivity index (χ0) is 22.3. The Bertz CT molecular complexity index is 853. The topological polar surface area (TPSA) is 89.6 Å². The fourth-order valence-electron chi connectivity index (χ4n) is 2.06. The molecule has 7 nitrogen and oxygen atoms in total. The van der Waals surface area contributed by atoms with Crippen molar-refractivity contribution in [3.63, 3.8) is 0 Å². The molecular formula is C19H22F3N3O4S. The van der Waals surface area contributed by atoms with Gasteiger partial charge in [0.05, 0.1) is 6.54 Å². The van der Waals surface area contributed by atoms with Gasteiger partial charge in [-0.15, -0.1) is 24.5 Å². The maximum atomic E-state index is 12.1. The fourth-order valence-corrected chi connectivity index (χ4v) is 2.77. The minimum atomic E-state index is -4.77. The number of nitrogens with zero attached hydrogens (tertiary/aromatic N) is 1. The van der Waals surface area contributed by atoms with E-state index in [9.17, 15) is 22.8 Å². The average molecular weight is 445 g/mol. The number of amides is 2. The minimum Gasteiger partial charge on any atom is -0.484 e. The predicted octanol–water partition coefficient (Wildman–Crippen LogP) is 3.51. The van der Waals surface area contributed by atoms with E-state index in [4.69, 9.17) is 4.74 Å². The third-order valence-corrected chi connectivity index (χ3v) is 4.86. The van der Waals surface area contributed by atoms with E-state index in [2.05, 4.69) is 20.4 Å². The lowest BCUT2D eigenvalue weighted by Crippen LogP contribution is -2.36. The predicted molar refractivity (Wildman–Crippen MR) is 104 cm³/mol. The molecule has 164 valence electrons. The van der Waals surface area contributed by atoms with Crippen LogP contribution in [0.3, 0.4) is 0 Å². The van der Waals surface area contributed by atoms with Crippen molar-refractivity contribution in [1.29, 1.82) is 0 Å². The molecule has 0 saturated heterocycles. The van der Waals surface area contributed by atoms with Crippen molar-refractivity contribution in [1.82, 2.24) is 15.6 Å². The van der Waals surface area contributed by atoms with Crippen molar-refractivity contribution >= 4 is 23.2 Å². The molecule has 0 bridgehead atoms. The van der Waals surface area contributed by atoms with Crippen LogP contribution in [0.1, 0.15) is 36.3 Å². The van der Waals surface area contributed by atoms with Crippen LogP contribution in [-0.2, 0) is 11.3 Å². The van der Waals surface area contributed by atoms with Gasteiger partial charge in [0, 0.05) is 11.4 Å². The van der Waals surface area contributed by atoms with Crippen LogP contribution < -0.4 is 20.1 Å². The fraction of sp³-hybridized carbons (Fsp3) is 0.421. The SMILES string of the molecule is CC(C)C(C)NC(=O)c1csc(CNC(=O)COc2ccc(OC(F)(F)F)cc2)n1. The van der Waals surface area contributed by atoms with Gasteiger partial charge in [0.2, 0.25) is 0 Å². The number of alkyl halides is 3. The Labute approximate surface area is 175 Å². The molecule has 2 aromatic rings. The second-order valence-corrected chi connectivity index (χ2v) is 7.66. The Morgan fingerprint density at radius 3 is 2.37 bits per heavy atom. The number of aromatic nitrogens is 1. The summed E-state index contributed by atoms with van der Waals surface area (Å²) in [5, 5.41) is 7.63. The average Bonchev–Trinajstić information content (AvgIpc) is 3.13. The Hall–Kier alpha value is -2.82. The first-order valence-corrected chi connectivity index (χ1v) is 9.92. The maximum absolute atomic E-state index is 12.1. The summed E-state index contributed by atoms with van der Waals surface area (Å²) in [5.41, 5.74) is 0.286. The molecule has 0 aliphatic carbocycles. The molecule has 2 amide bonds. The first-order valence-electron chi connectivity index (χ1n) is 9.04. The number of thiazole rings is 1. The van der Waals surface area contributed by atoms with Gasteiger partial charge >= 0.3 is 6.36 Å². The molecule has 0 spiro atoms. The summed E-state index contributed by atoms with van der Waals surface area (Å²) in [6.45, 7) is 5.70. The van der Waals surface area contributed by atoms with E-state index in [0.717, 1.165) is 12.1 Å². The molecule has 0 fully saturated rings. The highest BCUT2D eigenvalue weighted by Crippen LogP contribution is 2.24. The highest BCUT2D eigenvalue weighted by Gasteiger charge is 2.31. The Morgan fingerprint density at radius 1 is 1.13 bits per heavy atom. The summed E-state index contributed by atoms with van der Waals surface area (Å²) in [6, 6.07) is 4.70. The van der Waals surface area contributed by atoms with E-state index < -0.39 is 12.3 Å². The molecule has 2 rings (SSSR count). The number of carbonyl (C=O) groups is 2. The van der Waals surface area contributed by atoms with Gasteiger partial charge in [0.25, 0.3) is 11.8 Å². The van der Waals surface area contributed by atoms with Gasteiger partial charge in [-0.3, -0.25) is 9.59 Å². The van der Waals surface area contributed by atoms with Crippen LogP contribution in [0, 0.1) is 5.92 Å². The summed E-state index contributed by atoms with van der Waals surface area (Å²) in [5.74, 6) is -0.593. The standard InChI is InChI=1S/C19H22F3N3O4S/c1-11(2)12(3)24-18(27)15-10-30-17(25-15)8-23-16(26)9-28-13-4-6-14(7-5-13)29-19(20,21)22/h4-7,10-12H,8-9H2,1-3H3,(H,23,26)(H,24,27). The number of ether oxygens (including phenoxy) is 2. The van der Waals surface area contributed by atoms with Crippen LogP contribution in [0.15, 0.2) is 29.6 Å². The number of halogens is 3. The summed E-state index contributed by atoms with van der Waals surface area (Å²) in [6.07, 6.45) is -4.77. The molecule has 1 atom stereocenters. The monoisotopic (exact) mass is 445 g/mol.